The van der Waals surface area contributed by atoms with Gasteiger partial charge < -0.3 is 0 Å². The number of nitrogens with zero attached hydrogens (tertiary/aromatic N) is 3. The summed E-state index contributed by atoms with van der Waals surface area (Å²) in [7, 11) is 0. The zero-order valence-corrected chi connectivity index (χ0v) is 11.5. The molecule has 3 rings (SSSR count). The van der Waals surface area contributed by atoms with E-state index >= 15 is 0 Å². The van der Waals surface area contributed by atoms with Crippen molar-refractivity contribution in [3.05, 3.63) is 62.2 Å². The highest BCUT2D eigenvalue weighted by Gasteiger charge is 2.06. The third-order valence-corrected chi connectivity index (χ3v) is 3.58. The van der Waals surface area contributed by atoms with Crippen LogP contribution >= 0.6 is 22.9 Å². The van der Waals surface area contributed by atoms with E-state index in [9.17, 15) is 9.18 Å². The van der Waals surface area contributed by atoms with Gasteiger partial charge >= 0.3 is 0 Å². The maximum atomic E-state index is 13.5. The summed E-state index contributed by atoms with van der Waals surface area (Å²) in [4.78, 5) is 16.4. The Morgan fingerprint density at radius 2 is 2.10 bits per heavy atom. The molecule has 0 aliphatic heterocycles. The normalized spacial score (nSPS) is 11.5. The highest BCUT2D eigenvalue weighted by Crippen LogP contribution is 2.17. The Morgan fingerprint density at radius 3 is 2.90 bits per heavy atom. The predicted octanol–water partition coefficient (Wildman–Crippen LogP) is 3.11. The highest BCUT2D eigenvalue weighted by atomic mass is 35.5. The van der Waals surface area contributed by atoms with Crippen LogP contribution in [0.1, 0.15) is 11.3 Å². The standard InChI is InChI=1S/C13H7ClFN3OS/c14-12-17-18-11(19)7-9(16-13(18)20-12)6-5-8-3-1-2-4-10(8)15/h1-7H. The van der Waals surface area contributed by atoms with Crippen LogP contribution in [-0.2, 0) is 0 Å². The molecule has 20 heavy (non-hydrogen) atoms. The minimum Gasteiger partial charge on any atom is -0.267 e. The molecule has 0 saturated heterocycles. The molecule has 1 aromatic carbocycles. The van der Waals surface area contributed by atoms with E-state index in [0.29, 0.717) is 16.2 Å². The molecule has 0 N–H and O–H groups in total. The lowest BCUT2D eigenvalue weighted by molar-refractivity contribution is 0.625. The van der Waals surface area contributed by atoms with E-state index in [2.05, 4.69) is 10.1 Å². The predicted molar refractivity (Wildman–Crippen MR) is 77.5 cm³/mol. The topological polar surface area (TPSA) is 47.3 Å². The van der Waals surface area contributed by atoms with Crippen molar-refractivity contribution in [2.45, 2.75) is 0 Å². The first-order valence-electron chi connectivity index (χ1n) is 5.62. The molecule has 0 bridgehead atoms. The largest absolute Gasteiger partial charge is 0.275 e. The van der Waals surface area contributed by atoms with Crippen molar-refractivity contribution >= 4 is 40.1 Å². The van der Waals surface area contributed by atoms with Gasteiger partial charge in [0, 0.05) is 11.6 Å². The van der Waals surface area contributed by atoms with Crippen molar-refractivity contribution in [1.29, 1.82) is 0 Å². The fourth-order valence-corrected chi connectivity index (χ4v) is 2.60. The van der Waals surface area contributed by atoms with E-state index < -0.39 is 0 Å². The van der Waals surface area contributed by atoms with Crippen molar-refractivity contribution in [3.8, 4) is 0 Å². The number of fused-ring (bicyclic) bond motifs is 1. The van der Waals surface area contributed by atoms with Crippen molar-refractivity contribution in [1.82, 2.24) is 14.6 Å². The molecule has 100 valence electrons. The summed E-state index contributed by atoms with van der Waals surface area (Å²) in [6.07, 6.45) is 3.14. The molecule has 0 atom stereocenters. The highest BCUT2D eigenvalue weighted by molar-refractivity contribution is 7.20. The first-order valence-corrected chi connectivity index (χ1v) is 6.82. The second-order valence-corrected chi connectivity index (χ2v) is 5.46. The Bertz CT molecular complexity index is 871. The van der Waals surface area contributed by atoms with Crippen LogP contribution in [0.2, 0.25) is 4.47 Å². The summed E-state index contributed by atoms with van der Waals surface area (Å²) in [5.41, 5.74) is 0.529. The Labute approximate surface area is 121 Å². The fraction of sp³-hybridized carbons (Fsp3) is 0. The molecule has 4 nitrogen and oxygen atoms in total. The quantitative estimate of drug-likeness (QED) is 0.731. The maximum absolute atomic E-state index is 13.5. The van der Waals surface area contributed by atoms with Crippen molar-refractivity contribution in [2.24, 2.45) is 0 Å². The molecular weight excluding hydrogens is 301 g/mol. The fourth-order valence-electron chi connectivity index (χ4n) is 1.68. The lowest BCUT2D eigenvalue weighted by Gasteiger charge is -1.96. The number of rotatable bonds is 2. The van der Waals surface area contributed by atoms with Crippen LogP contribution in [0, 0.1) is 5.82 Å². The minimum atomic E-state index is -0.331. The number of benzene rings is 1. The van der Waals surface area contributed by atoms with Gasteiger partial charge in [0.2, 0.25) is 9.43 Å². The van der Waals surface area contributed by atoms with E-state index in [-0.39, 0.29) is 15.8 Å². The monoisotopic (exact) mass is 307 g/mol. The molecule has 0 aliphatic rings. The molecule has 0 aliphatic carbocycles. The van der Waals surface area contributed by atoms with Crippen molar-refractivity contribution < 1.29 is 4.39 Å². The molecule has 0 unspecified atom stereocenters. The Balaban J connectivity index is 2.03. The molecule has 7 heteroatoms. The number of halogens is 2. The van der Waals surface area contributed by atoms with Gasteiger partial charge in [-0.2, -0.15) is 4.52 Å². The zero-order chi connectivity index (χ0) is 14.1. The van der Waals surface area contributed by atoms with Crippen molar-refractivity contribution in [2.75, 3.05) is 0 Å². The van der Waals surface area contributed by atoms with Crippen LogP contribution in [0.3, 0.4) is 0 Å². The molecule has 0 amide bonds. The molecule has 3 aromatic rings. The minimum absolute atomic E-state index is 0.241. The summed E-state index contributed by atoms with van der Waals surface area (Å²) in [6, 6.07) is 7.68. The van der Waals surface area contributed by atoms with Gasteiger partial charge in [0.1, 0.15) is 5.82 Å². The summed E-state index contributed by atoms with van der Waals surface area (Å²) >= 11 is 6.84. The van der Waals surface area contributed by atoms with Gasteiger partial charge in [0.25, 0.3) is 5.56 Å². The smallest absolute Gasteiger partial charge is 0.267 e. The van der Waals surface area contributed by atoms with Crippen molar-refractivity contribution in [3.63, 3.8) is 0 Å². The molecular formula is C13H7ClFN3OS. The van der Waals surface area contributed by atoms with Crippen LogP contribution < -0.4 is 5.56 Å². The van der Waals surface area contributed by atoms with Gasteiger partial charge in [-0.15, -0.1) is 5.10 Å². The third kappa shape index (κ3) is 2.48. The molecule has 0 spiro atoms. The van der Waals surface area contributed by atoms with E-state index in [4.69, 9.17) is 11.6 Å². The van der Waals surface area contributed by atoms with Gasteiger partial charge in [-0.05, 0) is 29.8 Å². The summed E-state index contributed by atoms with van der Waals surface area (Å²) in [5.74, 6) is -0.331. The average molecular weight is 308 g/mol. The van der Waals surface area contributed by atoms with E-state index in [1.807, 2.05) is 0 Å². The first kappa shape index (κ1) is 13.0. The Morgan fingerprint density at radius 1 is 1.30 bits per heavy atom. The molecule has 0 fully saturated rings. The lowest BCUT2D eigenvalue weighted by atomic mass is 10.2. The molecule has 0 radical (unpaired) electrons. The maximum Gasteiger partial charge on any atom is 0.275 e. The lowest BCUT2D eigenvalue weighted by Crippen LogP contribution is -2.14. The van der Waals surface area contributed by atoms with Gasteiger partial charge in [0.15, 0.2) is 0 Å². The Kier molecular flexibility index (Phi) is 3.33. The van der Waals surface area contributed by atoms with Crippen LogP contribution in [0.15, 0.2) is 35.1 Å². The zero-order valence-electron chi connectivity index (χ0n) is 9.96. The number of aromatic nitrogens is 3. The van der Waals surface area contributed by atoms with E-state index in [1.165, 1.54) is 12.1 Å². The van der Waals surface area contributed by atoms with Gasteiger partial charge in [-0.25, -0.2) is 9.37 Å². The SMILES string of the molecule is O=c1cc(C=Cc2ccccc2F)nc2sc(Cl)nn12. The van der Waals surface area contributed by atoms with Crippen LogP contribution in [-0.4, -0.2) is 14.6 Å². The van der Waals surface area contributed by atoms with E-state index in [0.717, 1.165) is 15.9 Å². The average Bonchev–Trinajstić information content (AvgIpc) is 2.79. The summed E-state index contributed by atoms with van der Waals surface area (Å²) in [6.45, 7) is 0. The molecule has 0 saturated carbocycles. The first-order chi connectivity index (χ1) is 9.63. The number of hydrogen-bond donors (Lipinski definition) is 0. The second kappa shape index (κ2) is 5.15. The summed E-state index contributed by atoms with van der Waals surface area (Å²) in [5, 5.41) is 3.83. The van der Waals surface area contributed by atoms with Gasteiger partial charge in [-0.1, -0.05) is 29.5 Å². The Hall–Kier alpha value is -2.05. The summed E-state index contributed by atoms with van der Waals surface area (Å²) < 4.78 is 14.8. The van der Waals surface area contributed by atoms with Crippen LogP contribution in [0.4, 0.5) is 4.39 Å². The van der Waals surface area contributed by atoms with Crippen LogP contribution in [0.5, 0.6) is 0 Å². The van der Waals surface area contributed by atoms with E-state index in [1.54, 1.807) is 30.4 Å². The van der Waals surface area contributed by atoms with Gasteiger partial charge in [0.05, 0.1) is 5.69 Å². The molecule has 2 aromatic heterocycles. The van der Waals surface area contributed by atoms with Crippen LogP contribution in [0.25, 0.3) is 17.1 Å². The molecule has 2 heterocycles. The third-order valence-electron chi connectivity index (χ3n) is 2.58. The second-order valence-electron chi connectivity index (χ2n) is 3.92. The number of hydrogen-bond acceptors (Lipinski definition) is 4. The van der Waals surface area contributed by atoms with Gasteiger partial charge in [-0.3, -0.25) is 4.79 Å².